The quantitative estimate of drug-likeness (QED) is 0.339. The minimum absolute atomic E-state index is 0.134. The van der Waals surface area contributed by atoms with Gasteiger partial charge in [0.25, 0.3) is 0 Å². The van der Waals surface area contributed by atoms with Crippen LogP contribution in [0.1, 0.15) is 24.0 Å². The fraction of sp³-hybridized carbons (Fsp3) is 0.200. The van der Waals surface area contributed by atoms with E-state index in [4.69, 9.17) is 5.84 Å². The van der Waals surface area contributed by atoms with Crippen LogP contribution in [0.5, 0.6) is 0 Å². The number of halogens is 3. The van der Waals surface area contributed by atoms with Crippen LogP contribution in [-0.4, -0.2) is 28.6 Å². The van der Waals surface area contributed by atoms with E-state index in [9.17, 15) is 22.8 Å². The van der Waals surface area contributed by atoms with Crippen LogP contribution < -0.4 is 21.8 Å². The zero-order valence-corrected chi connectivity index (χ0v) is 19.6. The summed E-state index contributed by atoms with van der Waals surface area (Å²) in [5.41, 5.74) is 2.45. The van der Waals surface area contributed by atoms with E-state index >= 15 is 0 Å². The summed E-state index contributed by atoms with van der Waals surface area (Å²) in [6.07, 6.45) is 2.31. The van der Waals surface area contributed by atoms with Gasteiger partial charge in [-0.15, -0.1) is 4.59 Å². The Morgan fingerprint density at radius 1 is 1.03 bits per heavy atom. The molecule has 1 atom stereocenters. The number of carbonyl (C=O) groups is 2. The van der Waals surface area contributed by atoms with Crippen LogP contribution in [0.25, 0.3) is 0 Å². The first-order chi connectivity index (χ1) is 17.5. The Kier molecular flexibility index (Phi) is 5.92. The molecule has 5 N–H and O–H groups in total. The third kappa shape index (κ3) is 4.88. The van der Waals surface area contributed by atoms with Crippen LogP contribution in [0.15, 0.2) is 76.2 Å². The largest absolute Gasteiger partial charge is 0.416 e. The number of rotatable bonds is 5. The van der Waals surface area contributed by atoms with Gasteiger partial charge in [-0.3, -0.25) is 9.79 Å². The number of urea groups is 1. The molecule has 2 aromatic rings. The number of anilines is 3. The van der Waals surface area contributed by atoms with Crippen molar-refractivity contribution in [1.29, 1.82) is 0 Å². The number of amides is 3. The number of allylic oxidation sites excluding steroid dienone is 2. The Balaban J connectivity index is 1.24. The van der Waals surface area contributed by atoms with Gasteiger partial charge in [0.05, 0.1) is 18.0 Å². The van der Waals surface area contributed by atoms with Gasteiger partial charge in [-0.2, -0.15) is 24.0 Å². The van der Waals surface area contributed by atoms with Gasteiger partial charge in [0.15, 0.2) is 0 Å². The molecular weight excluding hydrogens is 487 g/mol. The lowest BCUT2D eigenvalue weighted by Gasteiger charge is -2.25. The number of aliphatic imine (C=N–C) groups is 2. The van der Waals surface area contributed by atoms with E-state index in [-0.39, 0.29) is 22.0 Å². The highest BCUT2D eigenvalue weighted by Gasteiger charge is 2.50. The number of quaternary nitrogens is 1. The molecule has 2 heterocycles. The SMILES string of the molecule is Cc1cc(NC(=O)C2=NC(C3CC3)=C3C=NC=C[N+]23N)ccc1NC(=O)Nc1ccc(C(F)(F)F)cc1. The lowest BCUT2D eigenvalue weighted by molar-refractivity contribution is -0.749. The van der Waals surface area contributed by atoms with Crippen molar-refractivity contribution in [2.24, 2.45) is 21.7 Å². The van der Waals surface area contributed by atoms with Gasteiger partial charge in [0.2, 0.25) is 5.70 Å². The number of hydrogen-bond acceptors (Lipinski definition) is 5. The minimum atomic E-state index is -4.46. The maximum Gasteiger partial charge on any atom is 0.416 e. The molecular formula is C25H23F3N7O2+. The molecule has 3 amide bonds. The molecule has 0 aromatic heterocycles. The van der Waals surface area contributed by atoms with E-state index in [0.717, 1.165) is 30.7 Å². The van der Waals surface area contributed by atoms with Gasteiger partial charge in [-0.1, -0.05) is 0 Å². The van der Waals surface area contributed by atoms with E-state index < -0.39 is 23.7 Å². The number of hydrogen-bond donors (Lipinski definition) is 4. The average molecular weight is 511 g/mol. The van der Waals surface area contributed by atoms with E-state index in [1.807, 2.05) is 0 Å². The fourth-order valence-electron chi connectivity index (χ4n) is 4.10. The molecule has 2 aliphatic heterocycles. The summed E-state index contributed by atoms with van der Waals surface area (Å²) in [7, 11) is 0. The van der Waals surface area contributed by atoms with Gasteiger partial charge in [0.1, 0.15) is 11.9 Å². The predicted molar refractivity (Wildman–Crippen MR) is 133 cm³/mol. The fourth-order valence-corrected chi connectivity index (χ4v) is 4.10. The van der Waals surface area contributed by atoms with Crippen LogP contribution in [0, 0.1) is 12.8 Å². The Hall–Kier alpha value is -4.29. The molecule has 12 heteroatoms. The molecule has 1 unspecified atom stereocenters. The molecule has 0 spiro atoms. The Bertz CT molecular complexity index is 1410. The molecule has 0 bridgehead atoms. The van der Waals surface area contributed by atoms with E-state index in [0.29, 0.717) is 22.6 Å². The molecule has 0 radical (unpaired) electrons. The molecule has 1 fully saturated rings. The molecule has 5 rings (SSSR count). The molecule has 1 aliphatic carbocycles. The lowest BCUT2D eigenvalue weighted by atomic mass is 10.1. The van der Waals surface area contributed by atoms with Gasteiger partial charge in [0, 0.05) is 23.0 Å². The van der Waals surface area contributed by atoms with Crippen LogP contribution >= 0.6 is 0 Å². The number of nitrogens with two attached hydrogens (primary N) is 1. The molecule has 9 nitrogen and oxygen atoms in total. The van der Waals surface area contributed by atoms with E-state index in [1.54, 1.807) is 37.5 Å². The Labute approximate surface area is 209 Å². The van der Waals surface area contributed by atoms with Crippen LogP contribution in [0.3, 0.4) is 0 Å². The zero-order valence-electron chi connectivity index (χ0n) is 19.6. The summed E-state index contributed by atoms with van der Waals surface area (Å²) in [6, 6.07) is 8.38. The summed E-state index contributed by atoms with van der Waals surface area (Å²) < 4.78 is 37.8. The number of aryl methyl sites for hydroxylation is 1. The first kappa shape index (κ1) is 24.4. The first-order valence-corrected chi connectivity index (χ1v) is 11.4. The summed E-state index contributed by atoms with van der Waals surface area (Å²) in [4.78, 5) is 34.2. The molecule has 2 aromatic carbocycles. The average Bonchev–Trinajstić information content (AvgIpc) is 3.62. The maximum atomic E-state index is 13.1. The number of nitrogens with one attached hydrogen (secondary N) is 3. The Morgan fingerprint density at radius 2 is 1.73 bits per heavy atom. The van der Waals surface area contributed by atoms with Crippen molar-refractivity contribution in [3.8, 4) is 0 Å². The number of amidine groups is 1. The molecule has 0 saturated heterocycles. The van der Waals surface area contributed by atoms with Crippen molar-refractivity contribution >= 4 is 41.1 Å². The van der Waals surface area contributed by atoms with Crippen molar-refractivity contribution in [3.63, 3.8) is 0 Å². The zero-order chi connectivity index (χ0) is 26.4. The monoisotopic (exact) mass is 510 g/mol. The van der Waals surface area contributed by atoms with Crippen molar-refractivity contribution in [2.45, 2.75) is 25.9 Å². The number of benzene rings is 2. The summed E-state index contributed by atoms with van der Waals surface area (Å²) in [5.74, 6) is 6.47. The summed E-state index contributed by atoms with van der Waals surface area (Å²) in [5, 5.41) is 7.94. The predicted octanol–water partition coefficient (Wildman–Crippen LogP) is 4.88. The Morgan fingerprint density at radius 3 is 2.38 bits per heavy atom. The highest BCUT2D eigenvalue weighted by molar-refractivity contribution is 6.40. The third-order valence-electron chi connectivity index (χ3n) is 6.19. The second kappa shape index (κ2) is 8.98. The second-order valence-corrected chi connectivity index (χ2v) is 8.97. The topological polar surface area (TPSA) is 121 Å². The van der Waals surface area contributed by atoms with Crippen LogP contribution in [0.2, 0.25) is 0 Å². The van der Waals surface area contributed by atoms with Crippen molar-refractivity contribution in [2.75, 3.05) is 16.0 Å². The van der Waals surface area contributed by atoms with Crippen LogP contribution in [-0.2, 0) is 11.0 Å². The van der Waals surface area contributed by atoms with E-state index in [2.05, 4.69) is 25.9 Å². The smallest absolute Gasteiger partial charge is 0.316 e. The second-order valence-electron chi connectivity index (χ2n) is 8.97. The van der Waals surface area contributed by atoms with Crippen LogP contribution in [0.4, 0.5) is 35.0 Å². The van der Waals surface area contributed by atoms with Crippen molar-refractivity contribution in [3.05, 3.63) is 77.4 Å². The first-order valence-electron chi connectivity index (χ1n) is 11.4. The number of nitrogens with zero attached hydrogens (tertiary/aromatic N) is 3. The molecule has 3 aliphatic rings. The number of alkyl halides is 3. The van der Waals surface area contributed by atoms with E-state index in [1.165, 1.54) is 18.3 Å². The highest BCUT2D eigenvalue weighted by atomic mass is 19.4. The van der Waals surface area contributed by atoms with Crippen molar-refractivity contribution < 1.29 is 27.4 Å². The molecule has 190 valence electrons. The summed E-state index contributed by atoms with van der Waals surface area (Å²) >= 11 is 0. The third-order valence-corrected chi connectivity index (χ3v) is 6.19. The van der Waals surface area contributed by atoms with Gasteiger partial charge in [-0.05, 0) is 67.8 Å². The molecule has 1 saturated carbocycles. The summed E-state index contributed by atoms with van der Waals surface area (Å²) in [6.45, 7) is 1.74. The number of carbonyl (C=O) groups excluding carboxylic acids is 2. The highest BCUT2D eigenvalue weighted by Crippen LogP contribution is 2.43. The lowest BCUT2D eigenvalue weighted by Crippen LogP contribution is -2.56. The van der Waals surface area contributed by atoms with Gasteiger partial charge in [-0.25, -0.2) is 4.79 Å². The standard InChI is InChI=1S/C25H22F3N7O2/c1-14-12-18(8-9-19(14)33-24(37)32-17-6-4-16(5-7-17)25(26,27)28)31-23(36)22-34-21(15-2-3-15)20-13-30-10-11-35(20,22)29/h4-13,15H,2-3,29H2,1H3,(H2-,30,31,32,33,34,36,37)/p+1. The van der Waals surface area contributed by atoms with Gasteiger partial charge >= 0.3 is 24.0 Å². The van der Waals surface area contributed by atoms with Crippen molar-refractivity contribution in [1.82, 2.24) is 0 Å². The van der Waals surface area contributed by atoms with Gasteiger partial charge < -0.3 is 16.0 Å². The number of fused-ring (bicyclic) bond motifs is 1. The molecule has 37 heavy (non-hydrogen) atoms. The normalized spacial score (nSPS) is 20.4. The minimum Gasteiger partial charge on any atom is -0.316 e. The maximum absolute atomic E-state index is 13.1.